The van der Waals surface area contributed by atoms with Crippen molar-refractivity contribution >= 4 is 35.8 Å². The minimum Gasteiger partial charge on any atom is -0.357 e. The largest absolute Gasteiger partial charge is 0.357 e. The molecule has 0 aliphatic carbocycles. The smallest absolute Gasteiger partial charge is 0.222 e. The van der Waals surface area contributed by atoms with Crippen molar-refractivity contribution in [3.8, 4) is 0 Å². The number of halogens is 1. The quantitative estimate of drug-likeness (QED) is 0.255. The van der Waals surface area contributed by atoms with E-state index in [2.05, 4.69) is 48.7 Å². The Morgan fingerprint density at radius 3 is 2.63 bits per heavy atom. The van der Waals surface area contributed by atoms with E-state index in [0.717, 1.165) is 57.8 Å². The molecule has 1 aromatic rings. The molecule has 1 aliphatic heterocycles. The van der Waals surface area contributed by atoms with E-state index in [1.165, 1.54) is 17.5 Å². The topological polar surface area (TPSA) is 56.7 Å². The summed E-state index contributed by atoms with van der Waals surface area (Å²) < 4.78 is 0. The lowest BCUT2D eigenvalue weighted by molar-refractivity contribution is -0.130. The van der Waals surface area contributed by atoms with Gasteiger partial charge in [0, 0.05) is 32.6 Å². The first-order valence-electron chi connectivity index (χ1n) is 10.1. The van der Waals surface area contributed by atoms with E-state index >= 15 is 0 Å². The Morgan fingerprint density at radius 1 is 1.11 bits per heavy atom. The van der Waals surface area contributed by atoms with Crippen molar-refractivity contribution in [3.05, 3.63) is 35.4 Å². The summed E-state index contributed by atoms with van der Waals surface area (Å²) in [5, 5.41) is 6.71. The van der Waals surface area contributed by atoms with Crippen LogP contribution >= 0.6 is 24.0 Å². The molecule has 152 valence electrons. The van der Waals surface area contributed by atoms with Crippen LogP contribution in [0.3, 0.4) is 0 Å². The number of likely N-dealkylation sites (tertiary alicyclic amines) is 1. The SMILES string of the molecule is CCNC(=NCc1ccccc1CC)NCCCN1CCCCCC1=O.I. The minimum atomic E-state index is 0. The summed E-state index contributed by atoms with van der Waals surface area (Å²) in [6.07, 6.45) is 6.05. The summed E-state index contributed by atoms with van der Waals surface area (Å²) in [5.74, 6) is 1.17. The van der Waals surface area contributed by atoms with E-state index in [0.29, 0.717) is 18.9 Å². The number of carbonyl (C=O) groups is 1. The molecule has 1 aromatic carbocycles. The zero-order valence-corrected chi connectivity index (χ0v) is 19.1. The molecule has 0 saturated carbocycles. The molecule has 1 aliphatic rings. The van der Waals surface area contributed by atoms with E-state index in [1.807, 2.05) is 4.90 Å². The number of amides is 1. The lowest BCUT2D eigenvalue weighted by Gasteiger charge is -2.20. The van der Waals surface area contributed by atoms with Crippen LogP contribution in [0.1, 0.15) is 57.1 Å². The highest BCUT2D eigenvalue weighted by atomic mass is 127. The second-order valence-corrected chi connectivity index (χ2v) is 6.79. The monoisotopic (exact) mass is 486 g/mol. The number of nitrogens with one attached hydrogen (secondary N) is 2. The Morgan fingerprint density at radius 2 is 1.89 bits per heavy atom. The Balaban J connectivity index is 0.00000364. The van der Waals surface area contributed by atoms with Crippen molar-refractivity contribution < 1.29 is 4.79 Å². The predicted molar refractivity (Wildman–Crippen MR) is 124 cm³/mol. The maximum Gasteiger partial charge on any atom is 0.222 e. The van der Waals surface area contributed by atoms with Crippen molar-refractivity contribution in [2.24, 2.45) is 4.99 Å². The number of benzene rings is 1. The molecule has 0 bridgehead atoms. The van der Waals surface area contributed by atoms with Gasteiger partial charge < -0.3 is 15.5 Å². The molecule has 5 nitrogen and oxygen atoms in total. The van der Waals surface area contributed by atoms with E-state index in [-0.39, 0.29) is 24.0 Å². The van der Waals surface area contributed by atoms with Gasteiger partial charge in [-0.15, -0.1) is 24.0 Å². The van der Waals surface area contributed by atoms with Gasteiger partial charge in [-0.3, -0.25) is 4.79 Å². The average molecular weight is 486 g/mol. The molecule has 1 heterocycles. The Labute approximate surface area is 181 Å². The molecule has 0 spiro atoms. The van der Waals surface area contributed by atoms with Crippen LogP contribution in [-0.4, -0.2) is 42.9 Å². The van der Waals surface area contributed by atoms with E-state index in [4.69, 9.17) is 4.99 Å². The number of guanidine groups is 1. The maximum atomic E-state index is 12.0. The highest BCUT2D eigenvalue weighted by molar-refractivity contribution is 14.0. The van der Waals surface area contributed by atoms with Crippen LogP contribution in [0.4, 0.5) is 0 Å². The normalized spacial score (nSPS) is 15.1. The third-order valence-electron chi connectivity index (χ3n) is 4.82. The number of aliphatic imine (C=N–C) groups is 1. The predicted octanol–water partition coefficient (Wildman–Crippen LogP) is 3.71. The summed E-state index contributed by atoms with van der Waals surface area (Å²) in [6, 6.07) is 8.47. The fraction of sp³-hybridized carbons (Fsp3) is 0.619. The van der Waals surface area contributed by atoms with Crippen LogP contribution in [-0.2, 0) is 17.8 Å². The third kappa shape index (κ3) is 8.49. The zero-order chi connectivity index (χ0) is 18.6. The lowest BCUT2D eigenvalue weighted by Crippen LogP contribution is -2.39. The van der Waals surface area contributed by atoms with Crippen LogP contribution < -0.4 is 10.6 Å². The Kier molecular flexibility index (Phi) is 12.1. The van der Waals surface area contributed by atoms with Gasteiger partial charge in [0.05, 0.1) is 6.54 Å². The van der Waals surface area contributed by atoms with Gasteiger partial charge in [0.1, 0.15) is 0 Å². The number of hydrogen-bond acceptors (Lipinski definition) is 2. The molecule has 0 atom stereocenters. The highest BCUT2D eigenvalue weighted by Gasteiger charge is 2.15. The van der Waals surface area contributed by atoms with E-state index < -0.39 is 0 Å². The van der Waals surface area contributed by atoms with Crippen LogP contribution in [0.2, 0.25) is 0 Å². The standard InChI is InChI=1S/C21H34N4O.HI/c1-3-18-11-7-8-12-19(18)17-24-21(22-4-2)23-14-10-16-25-15-9-5-6-13-20(25)26;/h7-8,11-12H,3-6,9-10,13-17H2,1-2H3,(H2,22,23,24);1H. The number of nitrogens with zero attached hydrogens (tertiary/aromatic N) is 2. The van der Waals surface area contributed by atoms with Crippen LogP contribution in [0.15, 0.2) is 29.3 Å². The second-order valence-electron chi connectivity index (χ2n) is 6.79. The summed E-state index contributed by atoms with van der Waals surface area (Å²) >= 11 is 0. The first-order chi connectivity index (χ1) is 12.7. The number of rotatable bonds is 8. The van der Waals surface area contributed by atoms with Crippen molar-refractivity contribution in [2.75, 3.05) is 26.2 Å². The van der Waals surface area contributed by atoms with Crippen molar-refractivity contribution in [1.82, 2.24) is 15.5 Å². The van der Waals surface area contributed by atoms with Crippen molar-refractivity contribution in [3.63, 3.8) is 0 Å². The van der Waals surface area contributed by atoms with Gasteiger partial charge in [-0.25, -0.2) is 4.99 Å². The fourth-order valence-electron chi connectivity index (χ4n) is 3.31. The second kappa shape index (κ2) is 13.8. The van der Waals surface area contributed by atoms with Gasteiger partial charge in [-0.05, 0) is 43.7 Å². The van der Waals surface area contributed by atoms with E-state index in [1.54, 1.807) is 0 Å². The molecule has 1 amide bonds. The van der Waals surface area contributed by atoms with Gasteiger partial charge in [0.2, 0.25) is 5.91 Å². The summed E-state index contributed by atoms with van der Waals surface area (Å²) in [7, 11) is 0. The van der Waals surface area contributed by atoms with Crippen molar-refractivity contribution in [1.29, 1.82) is 0 Å². The van der Waals surface area contributed by atoms with Gasteiger partial charge in [-0.2, -0.15) is 0 Å². The molecule has 0 aromatic heterocycles. The average Bonchev–Trinajstić information content (AvgIpc) is 2.87. The first kappa shape index (κ1) is 23.7. The van der Waals surface area contributed by atoms with Crippen LogP contribution in [0, 0.1) is 0 Å². The Bertz CT molecular complexity index is 591. The molecule has 0 radical (unpaired) electrons. The number of hydrogen-bond donors (Lipinski definition) is 2. The van der Waals surface area contributed by atoms with Gasteiger partial charge >= 0.3 is 0 Å². The maximum absolute atomic E-state index is 12.0. The molecule has 2 rings (SSSR count). The Hall–Kier alpha value is -1.31. The molecular weight excluding hydrogens is 451 g/mol. The fourth-order valence-corrected chi connectivity index (χ4v) is 3.31. The van der Waals surface area contributed by atoms with Gasteiger partial charge in [0.25, 0.3) is 0 Å². The first-order valence-corrected chi connectivity index (χ1v) is 10.1. The van der Waals surface area contributed by atoms with E-state index in [9.17, 15) is 4.79 Å². The third-order valence-corrected chi connectivity index (χ3v) is 4.82. The van der Waals surface area contributed by atoms with Crippen molar-refractivity contribution in [2.45, 2.75) is 58.9 Å². The van der Waals surface area contributed by atoms with Crippen LogP contribution in [0.25, 0.3) is 0 Å². The zero-order valence-electron chi connectivity index (χ0n) is 16.8. The molecule has 6 heteroatoms. The molecule has 27 heavy (non-hydrogen) atoms. The summed E-state index contributed by atoms with van der Waals surface area (Å²) in [5.41, 5.74) is 2.63. The lowest BCUT2D eigenvalue weighted by atomic mass is 10.1. The highest BCUT2D eigenvalue weighted by Crippen LogP contribution is 2.11. The molecule has 1 fully saturated rings. The molecule has 0 unspecified atom stereocenters. The van der Waals surface area contributed by atoms with Crippen LogP contribution in [0.5, 0.6) is 0 Å². The van der Waals surface area contributed by atoms with Gasteiger partial charge in [-0.1, -0.05) is 37.6 Å². The van der Waals surface area contributed by atoms with Gasteiger partial charge in [0.15, 0.2) is 5.96 Å². The molecular formula is C21H35IN4O. The summed E-state index contributed by atoms with van der Waals surface area (Å²) in [4.78, 5) is 18.8. The number of aryl methyl sites for hydroxylation is 1. The molecule has 1 saturated heterocycles. The number of carbonyl (C=O) groups excluding carboxylic acids is 1. The molecule has 2 N–H and O–H groups in total. The minimum absolute atomic E-state index is 0. The summed E-state index contributed by atoms with van der Waals surface area (Å²) in [6.45, 7) is 8.36.